The zero-order chi connectivity index (χ0) is 44.9. The third-order valence-corrected chi connectivity index (χ3v) is 10.9. The molecule has 0 aliphatic carbocycles. The molecule has 356 valence electrons. The molecule has 1 unspecified atom stereocenters. The Kier molecular flexibility index (Phi) is 50.0. The van der Waals surface area contributed by atoms with Crippen molar-refractivity contribution >= 4 is 11.9 Å². The van der Waals surface area contributed by atoms with Gasteiger partial charge in [-0.1, -0.05) is 202 Å². The van der Waals surface area contributed by atoms with Crippen LogP contribution in [0.1, 0.15) is 239 Å². The number of rotatable bonds is 47. The van der Waals surface area contributed by atoms with Crippen LogP contribution in [0.25, 0.3) is 0 Å². The lowest BCUT2D eigenvalue weighted by atomic mass is 10.1. The fourth-order valence-electron chi connectivity index (χ4n) is 7.00. The average molecular weight is 863 g/mol. The Morgan fingerprint density at radius 3 is 1.24 bits per heavy atom. The van der Waals surface area contributed by atoms with Crippen LogP contribution in [-0.2, 0) is 23.8 Å². The standard InChI is InChI=1S/C57H98O5/c1-4-7-10-13-16-19-22-25-27-28-29-30-31-33-35-38-41-44-47-50-56(58)61-54-55(53-60-52-49-46-43-40-37-34-26-23-20-17-14-11-8-5-2)62-57(59)51-48-45-42-39-36-32-24-21-18-15-12-9-6-3/h9,11-12,14,16,18-21,23,25,27,32,36,55H,4-8,10,13,15,17,22,24,26,28-31,33-35,37-54H2,1-3H3/b12-9-,14-11-,19-16-,21-18-,23-20-,27-25-,36-32-. The minimum absolute atomic E-state index is 0.0636. The summed E-state index contributed by atoms with van der Waals surface area (Å²) in [7, 11) is 0. The van der Waals surface area contributed by atoms with Gasteiger partial charge in [0.1, 0.15) is 6.61 Å². The van der Waals surface area contributed by atoms with E-state index in [0.717, 1.165) is 89.9 Å². The Balaban J connectivity index is 4.29. The topological polar surface area (TPSA) is 61.8 Å². The van der Waals surface area contributed by atoms with Gasteiger partial charge in [-0.2, -0.15) is 0 Å². The van der Waals surface area contributed by atoms with Gasteiger partial charge in [-0.25, -0.2) is 0 Å². The first-order valence-corrected chi connectivity index (χ1v) is 26.1. The minimum Gasteiger partial charge on any atom is -0.462 e. The maximum absolute atomic E-state index is 12.8. The summed E-state index contributed by atoms with van der Waals surface area (Å²) >= 11 is 0. The van der Waals surface area contributed by atoms with Crippen molar-refractivity contribution in [3.05, 3.63) is 85.1 Å². The number of hydrogen-bond acceptors (Lipinski definition) is 5. The van der Waals surface area contributed by atoms with Crippen LogP contribution in [0.15, 0.2) is 85.1 Å². The van der Waals surface area contributed by atoms with E-state index < -0.39 is 6.10 Å². The highest BCUT2D eigenvalue weighted by Crippen LogP contribution is 2.14. The lowest BCUT2D eigenvalue weighted by Crippen LogP contribution is -2.30. The van der Waals surface area contributed by atoms with Crippen molar-refractivity contribution in [1.29, 1.82) is 0 Å². The molecule has 5 nitrogen and oxygen atoms in total. The summed E-state index contributed by atoms with van der Waals surface area (Å²) in [4.78, 5) is 25.4. The smallest absolute Gasteiger partial charge is 0.306 e. The van der Waals surface area contributed by atoms with Crippen LogP contribution in [0.2, 0.25) is 0 Å². The molecule has 0 aromatic rings. The first kappa shape index (κ1) is 59.1. The molecule has 0 saturated heterocycles. The van der Waals surface area contributed by atoms with Crippen molar-refractivity contribution < 1.29 is 23.8 Å². The zero-order valence-electron chi connectivity index (χ0n) is 40.9. The van der Waals surface area contributed by atoms with Crippen LogP contribution >= 0.6 is 0 Å². The Hall–Kier alpha value is -2.92. The SMILES string of the molecule is CC/C=C\C/C=C\C/C=C\CCCCCC(=O)OC(COCCCCCCCC/C=C\C/C=C\CCC)COC(=O)CCCCCCCCCCC/C=C\C/C=C\CCCCC. The van der Waals surface area contributed by atoms with Crippen LogP contribution in [0, 0.1) is 0 Å². The number of allylic oxidation sites excluding steroid dienone is 14. The number of unbranched alkanes of at least 4 members (excludes halogenated alkanes) is 22. The highest BCUT2D eigenvalue weighted by atomic mass is 16.6. The van der Waals surface area contributed by atoms with Crippen LogP contribution in [0.5, 0.6) is 0 Å². The van der Waals surface area contributed by atoms with Crippen molar-refractivity contribution in [1.82, 2.24) is 0 Å². The summed E-state index contributed by atoms with van der Waals surface area (Å²) in [6.45, 7) is 7.58. The van der Waals surface area contributed by atoms with E-state index >= 15 is 0 Å². The minimum atomic E-state index is -0.562. The van der Waals surface area contributed by atoms with Gasteiger partial charge in [0, 0.05) is 19.4 Å². The van der Waals surface area contributed by atoms with Gasteiger partial charge in [-0.15, -0.1) is 0 Å². The molecular formula is C57H98O5. The first-order chi connectivity index (χ1) is 30.6. The largest absolute Gasteiger partial charge is 0.462 e. The Labute approximate surface area is 384 Å². The summed E-state index contributed by atoms with van der Waals surface area (Å²) in [5.41, 5.74) is 0. The fraction of sp³-hybridized carbons (Fsp3) is 0.719. The van der Waals surface area contributed by atoms with E-state index in [2.05, 4.69) is 106 Å². The molecule has 0 aromatic heterocycles. The van der Waals surface area contributed by atoms with Crippen molar-refractivity contribution in [2.75, 3.05) is 19.8 Å². The molecule has 0 rings (SSSR count). The summed E-state index contributed by atoms with van der Waals surface area (Å²) in [6.07, 6.45) is 68.8. The summed E-state index contributed by atoms with van der Waals surface area (Å²) in [5, 5.41) is 0. The molecule has 62 heavy (non-hydrogen) atoms. The molecule has 0 fully saturated rings. The number of carbonyl (C=O) groups excluding carboxylic acids is 2. The quantitative estimate of drug-likeness (QED) is 0.0346. The van der Waals surface area contributed by atoms with Gasteiger partial charge < -0.3 is 14.2 Å². The summed E-state index contributed by atoms with van der Waals surface area (Å²) in [6, 6.07) is 0. The van der Waals surface area contributed by atoms with E-state index in [-0.39, 0.29) is 25.2 Å². The van der Waals surface area contributed by atoms with Gasteiger partial charge in [0.25, 0.3) is 0 Å². The molecule has 5 heteroatoms. The molecule has 0 aliphatic rings. The molecular weight excluding hydrogens is 765 g/mol. The molecule has 1 atom stereocenters. The van der Waals surface area contributed by atoms with Crippen molar-refractivity contribution in [3.63, 3.8) is 0 Å². The molecule has 0 bridgehead atoms. The number of ether oxygens (including phenoxy) is 3. The normalized spacial score (nSPS) is 12.9. The monoisotopic (exact) mass is 863 g/mol. The van der Waals surface area contributed by atoms with Crippen LogP contribution in [-0.4, -0.2) is 37.9 Å². The molecule has 0 aliphatic heterocycles. The second-order valence-corrected chi connectivity index (χ2v) is 17.0. The molecule has 0 aromatic carbocycles. The van der Waals surface area contributed by atoms with Crippen molar-refractivity contribution in [2.45, 2.75) is 245 Å². The Bertz CT molecular complexity index is 1160. The second kappa shape index (κ2) is 52.4. The average Bonchev–Trinajstić information content (AvgIpc) is 3.27. The Morgan fingerprint density at radius 2 is 0.758 bits per heavy atom. The van der Waals surface area contributed by atoms with Crippen LogP contribution in [0.3, 0.4) is 0 Å². The third-order valence-electron chi connectivity index (χ3n) is 10.9. The number of esters is 2. The maximum atomic E-state index is 12.8. The lowest BCUT2D eigenvalue weighted by molar-refractivity contribution is -0.163. The van der Waals surface area contributed by atoms with E-state index in [1.807, 2.05) is 0 Å². The number of carbonyl (C=O) groups is 2. The van der Waals surface area contributed by atoms with Gasteiger partial charge >= 0.3 is 11.9 Å². The van der Waals surface area contributed by atoms with Gasteiger partial charge in [0.15, 0.2) is 6.10 Å². The number of hydrogen-bond donors (Lipinski definition) is 0. The summed E-state index contributed by atoms with van der Waals surface area (Å²) in [5.74, 6) is -0.442. The van der Waals surface area contributed by atoms with Gasteiger partial charge in [-0.3, -0.25) is 9.59 Å². The molecule has 0 radical (unpaired) electrons. The van der Waals surface area contributed by atoms with Gasteiger partial charge in [0.05, 0.1) is 6.61 Å². The molecule has 0 amide bonds. The maximum Gasteiger partial charge on any atom is 0.306 e. The van der Waals surface area contributed by atoms with Gasteiger partial charge in [0.2, 0.25) is 0 Å². The fourth-order valence-corrected chi connectivity index (χ4v) is 7.00. The highest BCUT2D eigenvalue weighted by Gasteiger charge is 2.17. The van der Waals surface area contributed by atoms with E-state index in [4.69, 9.17) is 14.2 Å². The van der Waals surface area contributed by atoms with Gasteiger partial charge in [-0.05, 0) is 109 Å². The predicted molar refractivity (Wildman–Crippen MR) is 270 cm³/mol. The molecule has 0 N–H and O–H groups in total. The molecule has 0 saturated carbocycles. The zero-order valence-corrected chi connectivity index (χ0v) is 40.9. The lowest BCUT2D eigenvalue weighted by Gasteiger charge is -2.18. The van der Waals surface area contributed by atoms with Crippen molar-refractivity contribution in [3.8, 4) is 0 Å². The second-order valence-electron chi connectivity index (χ2n) is 17.0. The van der Waals surface area contributed by atoms with E-state index in [9.17, 15) is 9.59 Å². The van der Waals surface area contributed by atoms with E-state index in [1.165, 1.54) is 116 Å². The Morgan fingerprint density at radius 1 is 0.371 bits per heavy atom. The molecule has 0 heterocycles. The van der Waals surface area contributed by atoms with E-state index in [0.29, 0.717) is 19.4 Å². The molecule has 0 spiro atoms. The third kappa shape index (κ3) is 49.7. The van der Waals surface area contributed by atoms with Crippen LogP contribution in [0.4, 0.5) is 0 Å². The van der Waals surface area contributed by atoms with E-state index in [1.54, 1.807) is 0 Å². The predicted octanol–water partition coefficient (Wildman–Crippen LogP) is 17.7. The highest BCUT2D eigenvalue weighted by molar-refractivity contribution is 5.70. The van der Waals surface area contributed by atoms with Crippen molar-refractivity contribution in [2.24, 2.45) is 0 Å². The first-order valence-electron chi connectivity index (χ1n) is 26.1. The summed E-state index contributed by atoms with van der Waals surface area (Å²) < 4.78 is 17.4. The van der Waals surface area contributed by atoms with Crippen LogP contribution < -0.4 is 0 Å².